The molecule has 1 aliphatic heterocycles. The van der Waals surface area contributed by atoms with Crippen molar-refractivity contribution >= 4 is 17.4 Å². The second kappa shape index (κ2) is 9.47. The van der Waals surface area contributed by atoms with Gasteiger partial charge in [-0.15, -0.1) is 0 Å². The molecule has 0 unspecified atom stereocenters. The first kappa shape index (κ1) is 20.0. The van der Waals surface area contributed by atoms with E-state index >= 15 is 0 Å². The van der Waals surface area contributed by atoms with E-state index in [-0.39, 0.29) is 12.5 Å². The van der Waals surface area contributed by atoms with Gasteiger partial charge < -0.3 is 15.7 Å². The van der Waals surface area contributed by atoms with Crippen LogP contribution in [0.25, 0.3) is 0 Å². The normalized spacial score (nSPS) is 14.6. The van der Waals surface area contributed by atoms with Crippen molar-refractivity contribution in [3.8, 4) is 0 Å². The van der Waals surface area contributed by atoms with Crippen molar-refractivity contribution in [2.45, 2.75) is 19.1 Å². The Kier molecular flexibility index (Phi) is 6.32. The van der Waals surface area contributed by atoms with Crippen LogP contribution in [0.1, 0.15) is 21.5 Å². The van der Waals surface area contributed by atoms with Crippen LogP contribution in [0.3, 0.4) is 0 Å². The maximum absolute atomic E-state index is 12.5. The lowest BCUT2D eigenvalue weighted by Gasteiger charge is -2.30. The lowest BCUT2D eigenvalue weighted by atomic mass is 10.00. The molecule has 0 fully saturated rings. The van der Waals surface area contributed by atoms with Gasteiger partial charge >= 0.3 is 0 Å². The first-order chi connectivity index (χ1) is 14.7. The molecule has 3 heterocycles. The molecule has 3 N–H and O–H groups in total. The lowest BCUT2D eigenvalue weighted by molar-refractivity contribution is 0.0842. The molecule has 7 heteroatoms. The van der Waals surface area contributed by atoms with Crippen LogP contribution in [0, 0.1) is 0 Å². The third kappa shape index (κ3) is 5.20. The molecule has 1 aliphatic rings. The number of carbonyl (C=O) groups is 1. The second-order valence-electron chi connectivity index (χ2n) is 7.41. The quantitative estimate of drug-likeness (QED) is 0.561. The van der Waals surface area contributed by atoms with E-state index in [0.717, 1.165) is 25.2 Å². The van der Waals surface area contributed by atoms with Gasteiger partial charge in [-0.25, -0.2) is 4.98 Å². The van der Waals surface area contributed by atoms with Gasteiger partial charge in [0.25, 0.3) is 5.91 Å². The number of carbonyl (C=O) groups excluding carboxylic acids is 1. The Morgan fingerprint density at radius 2 is 1.90 bits per heavy atom. The summed E-state index contributed by atoms with van der Waals surface area (Å²) in [7, 11) is 0. The minimum absolute atomic E-state index is 0.201. The van der Waals surface area contributed by atoms with Crippen LogP contribution < -0.4 is 10.6 Å². The summed E-state index contributed by atoms with van der Waals surface area (Å²) in [5.74, 6) is 0.333. The van der Waals surface area contributed by atoms with Gasteiger partial charge in [-0.05, 0) is 41.8 Å². The molecule has 0 spiro atoms. The SMILES string of the molecule is O=C(NC[C@H](O)CN1CCc2ccccc2C1)c1ccnc(Nc2ccncc2)c1. The average molecular weight is 403 g/mol. The van der Waals surface area contributed by atoms with E-state index in [0.29, 0.717) is 17.9 Å². The summed E-state index contributed by atoms with van der Waals surface area (Å²) in [6.45, 7) is 2.47. The second-order valence-corrected chi connectivity index (χ2v) is 7.41. The molecule has 0 saturated carbocycles. The highest BCUT2D eigenvalue weighted by Gasteiger charge is 2.19. The number of aromatic nitrogens is 2. The first-order valence-corrected chi connectivity index (χ1v) is 10.1. The Morgan fingerprint density at radius 3 is 2.73 bits per heavy atom. The molecule has 0 bridgehead atoms. The Hall–Kier alpha value is -3.29. The third-order valence-electron chi connectivity index (χ3n) is 5.15. The number of aliphatic hydroxyl groups excluding tert-OH is 1. The predicted molar refractivity (Wildman–Crippen MR) is 116 cm³/mol. The van der Waals surface area contributed by atoms with Crippen molar-refractivity contribution in [2.24, 2.45) is 0 Å². The summed E-state index contributed by atoms with van der Waals surface area (Å²) in [6.07, 6.45) is 5.30. The third-order valence-corrected chi connectivity index (χ3v) is 5.15. The minimum atomic E-state index is -0.629. The first-order valence-electron chi connectivity index (χ1n) is 10.1. The summed E-state index contributed by atoms with van der Waals surface area (Å²) < 4.78 is 0. The van der Waals surface area contributed by atoms with Crippen molar-refractivity contribution < 1.29 is 9.90 Å². The molecule has 1 atom stereocenters. The fourth-order valence-corrected chi connectivity index (χ4v) is 3.61. The fraction of sp³-hybridized carbons (Fsp3) is 0.261. The number of β-amino-alcohol motifs (C(OH)–C–C–N with tert-alkyl or cyclic N) is 1. The highest BCUT2D eigenvalue weighted by Crippen LogP contribution is 2.18. The number of anilines is 2. The molecule has 7 nitrogen and oxygen atoms in total. The topological polar surface area (TPSA) is 90.4 Å². The fourth-order valence-electron chi connectivity index (χ4n) is 3.61. The van der Waals surface area contributed by atoms with Gasteiger partial charge in [0.05, 0.1) is 6.10 Å². The number of hydrogen-bond acceptors (Lipinski definition) is 6. The summed E-state index contributed by atoms with van der Waals surface area (Å²) in [5, 5.41) is 16.4. The Bertz CT molecular complexity index is 996. The number of hydrogen-bond donors (Lipinski definition) is 3. The van der Waals surface area contributed by atoms with Gasteiger partial charge in [-0.3, -0.25) is 14.7 Å². The molecule has 0 saturated heterocycles. The molecule has 0 radical (unpaired) electrons. The molecular weight excluding hydrogens is 378 g/mol. The van der Waals surface area contributed by atoms with E-state index in [1.807, 2.05) is 18.2 Å². The number of nitrogens with zero attached hydrogens (tertiary/aromatic N) is 3. The molecule has 2 aromatic heterocycles. The number of nitrogens with one attached hydrogen (secondary N) is 2. The van der Waals surface area contributed by atoms with Crippen LogP contribution in [0.2, 0.25) is 0 Å². The van der Waals surface area contributed by atoms with Crippen LogP contribution in [-0.4, -0.2) is 51.6 Å². The van der Waals surface area contributed by atoms with Crippen molar-refractivity contribution in [2.75, 3.05) is 25.0 Å². The van der Waals surface area contributed by atoms with Crippen molar-refractivity contribution in [3.05, 3.63) is 83.8 Å². The van der Waals surface area contributed by atoms with E-state index in [1.54, 1.807) is 30.7 Å². The highest BCUT2D eigenvalue weighted by atomic mass is 16.3. The molecular formula is C23H25N5O2. The van der Waals surface area contributed by atoms with Crippen molar-refractivity contribution in [3.63, 3.8) is 0 Å². The van der Waals surface area contributed by atoms with Crippen LogP contribution in [0.5, 0.6) is 0 Å². The Balaban J connectivity index is 1.28. The standard InChI is InChI=1S/C23H25N5O2/c29-21(16-28-12-8-17-3-1-2-4-19(17)15-28)14-26-23(30)18-5-11-25-22(13-18)27-20-6-9-24-10-7-20/h1-7,9-11,13,21,29H,8,12,14-16H2,(H,26,30)(H,24,25,27)/t21-/m0/s1. The Labute approximate surface area is 175 Å². The van der Waals surface area contributed by atoms with Gasteiger partial charge in [-0.2, -0.15) is 0 Å². The number of amides is 1. The molecule has 154 valence electrons. The summed E-state index contributed by atoms with van der Waals surface area (Å²) in [4.78, 5) is 22.9. The summed E-state index contributed by atoms with van der Waals surface area (Å²) >= 11 is 0. The maximum Gasteiger partial charge on any atom is 0.251 e. The highest BCUT2D eigenvalue weighted by molar-refractivity contribution is 5.94. The van der Waals surface area contributed by atoms with Crippen LogP contribution in [-0.2, 0) is 13.0 Å². The molecule has 3 aromatic rings. The van der Waals surface area contributed by atoms with E-state index in [2.05, 4.69) is 43.7 Å². The van der Waals surface area contributed by atoms with E-state index in [1.165, 1.54) is 11.1 Å². The van der Waals surface area contributed by atoms with Gasteiger partial charge in [0.1, 0.15) is 5.82 Å². The number of rotatable bonds is 7. The minimum Gasteiger partial charge on any atom is -0.390 e. The molecule has 4 rings (SSSR count). The predicted octanol–water partition coefficient (Wildman–Crippen LogP) is 2.37. The number of fused-ring (bicyclic) bond motifs is 1. The largest absolute Gasteiger partial charge is 0.390 e. The maximum atomic E-state index is 12.5. The van der Waals surface area contributed by atoms with Gasteiger partial charge in [-0.1, -0.05) is 24.3 Å². The smallest absolute Gasteiger partial charge is 0.251 e. The van der Waals surface area contributed by atoms with Gasteiger partial charge in [0.15, 0.2) is 0 Å². The molecule has 1 aromatic carbocycles. The molecule has 0 aliphatic carbocycles. The summed E-state index contributed by atoms with van der Waals surface area (Å²) in [5.41, 5.74) is 4.02. The van der Waals surface area contributed by atoms with Crippen molar-refractivity contribution in [1.82, 2.24) is 20.2 Å². The van der Waals surface area contributed by atoms with Crippen molar-refractivity contribution in [1.29, 1.82) is 0 Å². The zero-order valence-electron chi connectivity index (χ0n) is 16.7. The zero-order valence-corrected chi connectivity index (χ0v) is 16.7. The van der Waals surface area contributed by atoms with Crippen LogP contribution >= 0.6 is 0 Å². The summed E-state index contributed by atoms with van der Waals surface area (Å²) in [6, 6.07) is 15.4. The van der Waals surface area contributed by atoms with E-state index in [4.69, 9.17) is 0 Å². The number of aliphatic hydroxyl groups is 1. The molecule has 1 amide bonds. The molecule has 30 heavy (non-hydrogen) atoms. The van der Waals surface area contributed by atoms with Gasteiger partial charge in [0, 0.05) is 56.0 Å². The van der Waals surface area contributed by atoms with E-state index in [9.17, 15) is 9.90 Å². The number of pyridine rings is 2. The monoisotopic (exact) mass is 403 g/mol. The lowest BCUT2D eigenvalue weighted by Crippen LogP contribution is -2.42. The average Bonchev–Trinajstić information content (AvgIpc) is 2.78. The zero-order chi connectivity index (χ0) is 20.8. The van der Waals surface area contributed by atoms with E-state index < -0.39 is 6.10 Å². The number of benzene rings is 1. The van der Waals surface area contributed by atoms with Gasteiger partial charge in [0.2, 0.25) is 0 Å². The van der Waals surface area contributed by atoms with Crippen LogP contribution in [0.4, 0.5) is 11.5 Å². The Morgan fingerprint density at radius 1 is 1.10 bits per heavy atom. The van der Waals surface area contributed by atoms with Crippen LogP contribution in [0.15, 0.2) is 67.1 Å².